The zero-order valence-electron chi connectivity index (χ0n) is 35.7. The first-order valence-electron chi connectivity index (χ1n) is 22.2. The summed E-state index contributed by atoms with van der Waals surface area (Å²) in [5, 5.41) is 0. The molecular formula is C63H46O. The predicted octanol–water partition coefficient (Wildman–Crippen LogP) is 15.9. The van der Waals surface area contributed by atoms with Crippen LogP contribution in [0.2, 0.25) is 0 Å². The summed E-state index contributed by atoms with van der Waals surface area (Å²) in [4.78, 5) is 0. The van der Waals surface area contributed by atoms with Crippen LogP contribution in [0.15, 0.2) is 261 Å². The molecule has 2 aliphatic carbocycles. The van der Waals surface area contributed by atoms with Gasteiger partial charge < -0.3 is 4.74 Å². The van der Waals surface area contributed by atoms with Crippen molar-refractivity contribution in [1.82, 2.24) is 0 Å². The summed E-state index contributed by atoms with van der Waals surface area (Å²) >= 11 is 0. The van der Waals surface area contributed by atoms with Crippen LogP contribution in [0.3, 0.4) is 0 Å². The quantitative estimate of drug-likeness (QED) is 0.173. The van der Waals surface area contributed by atoms with Gasteiger partial charge in [0.25, 0.3) is 0 Å². The lowest BCUT2D eigenvalue weighted by Crippen LogP contribution is -2.32. The monoisotopic (exact) mass is 818 g/mol. The zero-order chi connectivity index (χ0) is 42.9. The molecule has 0 N–H and O–H groups in total. The fraction of sp³-hybridized carbons (Fsp3) is 0.0476. The van der Waals surface area contributed by atoms with Crippen molar-refractivity contribution in [1.29, 1.82) is 0 Å². The van der Waals surface area contributed by atoms with Crippen LogP contribution >= 0.6 is 0 Å². The largest absolute Gasteiger partial charge is 0.457 e. The maximum Gasteiger partial charge on any atom is 0.132 e. The van der Waals surface area contributed by atoms with E-state index in [1.807, 2.05) is 18.2 Å². The number of hydrogen-bond donors (Lipinski definition) is 0. The van der Waals surface area contributed by atoms with Gasteiger partial charge in [-0.3, -0.25) is 0 Å². The summed E-state index contributed by atoms with van der Waals surface area (Å²) < 4.78 is 6.29. The van der Waals surface area contributed by atoms with Crippen LogP contribution in [0, 0.1) is 6.92 Å². The molecule has 304 valence electrons. The van der Waals surface area contributed by atoms with E-state index in [9.17, 15) is 0 Å². The molecule has 0 aromatic heterocycles. The summed E-state index contributed by atoms with van der Waals surface area (Å²) in [6.07, 6.45) is 0. The van der Waals surface area contributed by atoms with Gasteiger partial charge in [0.05, 0.1) is 10.8 Å². The van der Waals surface area contributed by atoms with E-state index in [1.165, 1.54) is 83.5 Å². The van der Waals surface area contributed by atoms with Crippen molar-refractivity contribution in [3.05, 3.63) is 311 Å². The van der Waals surface area contributed by atoms with Gasteiger partial charge in [0.2, 0.25) is 0 Å². The number of para-hydroxylation sites is 2. The van der Waals surface area contributed by atoms with E-state index < -0.39 is 0 Å². The second kappa shape index (κ2) is 16.4. The van der Waals surface area contributed by atoms with Crippen LogP contribution in [0.1, 0.15) is 50.1 Å². The molecule has 0 unspecified atom stereocenters. The Kier molecular flexibility index (Phi) is 9.94. The standard InChI is InChI=1S/C25H16O.C25H18.C13H12/c1-3-11-19-17(9-1)18-10-2-4-12-20(18)25(19)21-13-5-7-15-23(21)26-24-16-8-6-14-22(24)25;1-3-11-19(12-4-1)25(20-13-5-2-6-14-20)23-17-9-7-15-21(23)22-16-8-10-18-24(22)25;1-11-6-5-9-13(10-11)12-7-3-2-4-8-12/h1-16H;1-18H;2-10H,1H3. The lowest BCUT2D eigenvalue weighted by Gasteiger charge is -2.39. The molecule has 0 radical (unpaired) electrons. The molecule has 0 amide bonds. The Bertz CT molecular complexity index is 3080. The molecular weight excluding hydrogens is 773 g/mol. The van der Waals surface area contributed by atoms with Gasteiger partial charge in [-0.15, -0.1) is 0 Å². The van der Waals surface area contributed by atoms with Gasteiger partial charge in [-0.25, -0.2) is 0 Å². The van der Waals surface area contributed by atoms with Gasteiger partial charge in [0, 0.05) is 11.1 Å². The molecule has 0 saturated carbocycles. The van der Waals surface area contributed by atoms with Gasteiger partial charge >= 0.3 is 0 Å². The Hall–Kier alpha value is -8.00. The molecule has 0 bridgehead atoms. The fourth-order valence-corrected chi connectivity index (χ4v) is 10.7. The SMILES string of the molecule is Cc1cccc(-c2ccccc2)c1.c1ccc(C2(c3ccccc3)c3ccccc3-c3ccccc32)cc1.c1ccc2c(c1)Oc1ccccc1C21c2ccccc2-c2ccccc21. The molecule has 1 spiro atoms. The number of aryl methyl sites for hydroxylation is 1. The molecule has 0 fully saturated rings. The number of fused-ring (bicyclic) bond motifs is 12. The van der Waals surface area contributed by atoms with Crippen molar-refractivity contribution >= 4 is 0 Å². The normalized spacial score (nSPS) is 13.5. The van der Waals surface area contributed by atoms with Gasteiger partial charge in [-0.1, -0.05) is 254 Å². The van der Waals surface area contributed by atoms with E-state index in [0.717, 1.165) is 11.5 Å². The highest BCUT2D eigenvalue weighted by Gasteiger charge is 2.51. The zero-order valence-corrected chi connectivity index (χ0v) is 35.7. The number of rotatable bonds is 3. The second-order valence-electron chi connectivity index (χ2n) is 16.7. The van der Waals surface area contributed by atoms with Gasteiger partial charge in [0.1, 0.15) is 11.5 Å². The Balaban J connectivity index is 0.000000113. The maximum absolute atomic E-state index is 6.29. The molecule has 10 aromatic rings. The average Bonchev–Trinajstić information content (AvgIpc) is 3.84. The summed E-state index contributed by atoms with van der Waals surface area (Å²) in [5.41, 5.74) is 19.1. The summed E-state index contributed by atoms with van der Waals surface area (Å²) in [6.45, 7) is 2.12. The Labute approximate surface area is 376 Å². The molecule has 1 nitrogen and oxygen atoms in total. The van der Waals surface area contributed by atoms with E-state index in [4.69, 9.17) is 4.74 Å². The van der Waals surface area contributed by atoms with Crippen LogP contribution in [0.5, 0.6) is 11.5 Å². The molecule has 1 aliphatic heterocycles. The molecule has 0 saturated heterocycles. The molecule has 1 heterocycles. The van der Waals surface area contributed by atoms with Crippen LogP contribution in [0.25, 0.3) is 33.4 Å². The van der Waals surface area contributed by atoms with E-state index in [2.05, 4.69) is 250 Å². The van der Waals surface area contributed by atoms with Gasteiger partial charge in [-0.05, 0) is 85.8 Å². The van der Waals surface area contributed by atoms with E-state index >= 15 is 0 Å². The predicted molar refractivity (Wildman–Crippen MR) is 264 cm³/mol. The summed E-state index contributed by atoms with van der Waals surface area (Å²) in [5.74, 6) is 1.88. The number of benzene rings is 10. The van der Waals surface area contributed by atoms with Crippen LogP contribution in [0.4, 0.5) is 0 Å². The van der Waals surface area contributed by atoms with Crippen molar-refractivity contribution in [3.63, 3.8) is 0 Å². The van der Waals surface area contributed by atoms with Crippen molar-refractivity contribution in [2.24, 2.45) is 0 Å². The first kappa shape index (κ1) is 38.9. The minimum absolute atomic E-state index is 0.254. The fourth-order valence-electron chi connectivity index (χ4n) is 10.7. The minimum atomic E-state index is -0.321. The minimum Gasteiger partial charge on any atom is -0.457 e. The molecule has 1 heteroatoms. The maximum atomic E-state index is 6.29. The smallest absolute Gasteiger partial charge is 0.132 e. The van der Waals surface area contributed by atoms with Crippen molar-refractivity contribution < 1.29 is 4.74 Å². The van der Waals surface area contributed by atoms with Crippen molar-refractivity contribution in [3.8, 4) is 44.9 Å². The third-order valence-corrected chi connectivity index (χ3v) is 13.2. The summed E-state index contributed by atoms with van der Waals surface area (Å²) in [6, 6.07) is 92.9. The molecule has 3 aliphatic rings. The lowest BCUT2D eigenvalue weighted by molar-refractivity contribution is 0.436. The highest BCUT2D eigenvalue weighted by atomic mass is 16.5. The first-order valence-corrected chi connectivity index (χ1v) is 22.2. The summed E-state index contributed by atoms with van der Waals surface area (Å²) in [7, 11) is 0. The number of ether oxygens (including phenoxy) is 1. The molecule has 64 heavy (non-hydrogen) atoms. The molecule has 0 atom stereocenters. The van der Waals surface area contributed by atoms with Crippen molar-refractivity contribution in [2.75, 3.05) is 0 Å². The lowest BCUT2D eigenvalue weighted by atomic mass is 9.66. The Morgan fingerprint density at radius 1 is 0.266 bits per heavy atom. The first-order chi connectivity index (χ1) is 31.7. The van der Waals surface area contributed by atoms with Crippen LogP contribution < -0.4 is 4.74 Å². The van der Waals surface area contributed by atoms with Crippen molar-refractivity contribution in [2.45, 2.75) is 17.8 Å². The van der Waals surface area contributed by atoms with Crippen LogP contribution in [-0.2, 0) is 10.8 Å². The van der Waals surface area contributed by atoms with Gasteiger partial charge in [-0.2, -0.15) is 0 Å². The van der Waals surface area contributed by atoms with E-state index in [-0.39, 0.29) is 10.8 Å². The van der Waals surface area contributed by atoms with E-state index in [0.29, 0.717) is 0 Å². The number of hydrogen-bond acceptors (Lipinski definition) is 1. The van der Waals surface area contributed by atoms with Crippen LogP contribution in [-0.4, -0.2) is 0 Å². The Morgan fingerprint density at radius 3 is 1.02 bits per heavy atom. The average molecular weight is 819 g/mol. The Morgan fingerprint density at radius 2 is 0.594 bits per heavy atom. The topological polar surface area (TPSA) is 9.23 Å². The van der Waals surface area contributed by atoms with E-state index in [1.54, 1.807) is 0 Å². The third kappa shape index (κ3) is 6.23. The highest BCUT2D eigenvalue weighted by molar-refractivity contribution is 5.89. The van der Waals surface area contributed by atoms with Gasteiger partial charge in [0.15, 0.2) is 0 Å². The molecule has 13 rings (SSSR count). The molecule has 10 aromatic carbocycles. The third-order valence-electron chi connectivity index (χ3n) is 13.2. The highest BCUT2D eigenvalue weighted by Crippen LogP contribution is 2.62. The second-order valence-corrected chi connectivity index (χ2v) is 16.7.